The Balaban J connectivity index is 2.15. The summed E-state index contributed by atoms with van der Waals surface area (Å²) >= 11 is 2.84. The van der Waals surface area contributed by atoms with E-state index in [1.54, 1.807) is 0 Å². The molecule has 100 valence electrons. The van der Waals surface area contributed by atoms with Gasteiger partial charge in [-0.2, -0.15) is 0 Å². The number of aromatic carboxylic acids is 1. The fourth-order valence-corrected chi connectivity index (χ4v) is 3.69. The van der Waals surface area contributed by atoms with Crippen LogP contribution in [0.1, 0.15) is 16.2 Å². The molecule has 2 aromatic heterocycles. The first-order valence-electron chi connectivity index (χ1n) is 5.87. The molecule has 0 radical (unpaired) electrons. The summed E-state index contributed by atoms with van der Waals surface area (Å²) in [6, 6.07) is 9.44. The Morgan fingerprint density at radius 2 is 1.90 bits per heavy atom. The highest BCUT2D eigenvalue weighted by molar-refractivity contribution is 7.22. The number of thiazole rings is 2. The Morgan fingerprint density at radius 1 is 1.15 bits per heavy atom. The second-order valence-corrected chi connectivity index (χ2v) is 6.02. The molecule has 1 N–H and O–H groups in total. The summed E-state index contributed by atoms with van der Waals surface area (Å²) in [5, 5.41) is 12.7. The Morgan fingerprint density at radius 3 is 2.50 bits per heavy atom. The minimum absolute atomic E-state index is 0.0871. The van der Waals surface area contributed by atoms with Crippen LogP contribution < -0.4 is 0 Å². The summed E-state index contributed by atoms with van der Waals surface area (Å²) in [4.78, 5) is 20.6. The number of carboxylic acid groups (broad SMARTS) is 1. The van der Waals surface area contributed by atoms with Gasteiger partial charge in [-0.25, -0.2) is 14.8 Å². The van der Waals surface area contributed by atoms with Crippen LogP contribution in [0, 0.1) is 6.92 Å². The smallest absolute Gasteiger partial charge is 0.356 e. The zero-order valence-electron chi connectivity index (χ0n) is 10.5. The number of carboxylic acids is 1. The van der Waals surface area contributed by atoms with E-state index in [9.17, 15) is 9.90 Å². The third-order valence-corrected chi connectivity index (χ3v) is 4.87. The van der Waals surface area contributed by atoms with Gasteiger partial charge in [0.15, 0.2) is 15.7 Å². The molecule has 0 bridgehead atoms. The van der Waals surface area contributed by atoms with Crippen molar-refractivity contribution in [1.29, 1.82) is 0 Å². The highest BCUT2D eigenvalue weighted by Crippen LogP contribution is 2.36. The van der Waals surface area contributed by atoms with Crippen LogP contribution >= 0.6 is 22.7 Å². The van der Waals surface area contributed by atoms with Gasteiger partial charge in [0.1, 0.15) is 0 Å². The predicted octanol–water partition coefficient (Wildman–Crippen LogP) is 3.94. The monoisotopic (exact) mass is 302 g/mol. The quantitative estimate of drug-likeness (QED) is 0.796. The molecule has 0 saturated heterocycles. The zero-order chi connectivity index (χ0) is 14.1. The van der Waals surface area contributed by atoms with Gasteiger partial charge in [-0.1, -0.05) is 30.3 Å². The van der Waals surface area contributed by atoms with Crippen molar-refractivity contribution in [2.45, 2.75) is 6.92 Å². The third-order valence-electron chi connectivity index (χ3n) is 2.67. The van der Waals surface area contributed by atoms with Gasteiger partial charge in [-0.3, -0.25) is 0 Å². The van der Waals surface area contributed by atoms with E-state index in [2.05, 4.69) is 9.97 Å². The summed E-state index contributed by atoms with van der Waals surface area (Å²) in [6.07, 6.45) is 0. The highest BCUT2D eigenvalue weighted by atomic mass is 32.1. The van der Waals surface area contributed by atoms with Gasteiger partial charge < -0.3 is 5.11 Å². The number of nitrogens with zero attached hydrogens (tertiary/aromatic N) is 2. The van der Waals surface area contributed by atoms with Crippen molar-refractivity contribution in [3.8, 4) is 20.5 Å². The van der Waals surface area contributed by atoms with Gasteiger partial charge in [0.2, 0.25) is 0 Å². The molecule has 6 heteroatoms. The Bertz CT molecular complexity index is 763. The van der Waals surface area contributed by atoms with Crippen molar-refractivity contribution in [2.24, 2.45) is 0 Å². The number of rotatable bonds is 3. The molecule has 0 saturated carbocycles. The van der Waals surface area contributed by atoms with Crippen LogP contribution in [0.2, 0.25) is 0 Å². The van der Waals surface area contributed by atoms with Gasteiger partial charge in [-0.15, -0.1) is 22.7 Å². The van der Waals surface area contributed by atoms with Gasteiger partial charge in [0.05, 0.1) is 4.88 Å². The molecule has 0 aliphatic rings. The Kier molecular flexibility index (Phi) is 3.33. The first-order chi connectivity index (χ1) is 9.65. The van der Waals surface area contributed by atoms with Crippen LogP contribution in [0.15, 0.2) is 35.7 Å². The van der Waals surface area contributed by atoms with Crippen molar-refractivity contribution >= 4 is 28.6 Å². The standard InChI is InChI=1S/C14H10N2O2S2/c1-8-7-19-12(15-8)13-16-10(14(17)18)11(20-13)9-5-3-2-4-6-9/h2-7H,1H3,(H,17,18). The molecule has 0 unspecified atom stereocenters. The maximum absolute atomic E-state index is 11.4. The van der Waals surface area contributed by atoms with Gasteiger partial charge in [0.25, 0.3) is 0 Å². The minimum Gasteiger partial charge on any atom is -0.476 e. The second-order valence-electron chi connectivity index (χ2n) is 4.16. The number of aryl methyl sites for hydroxylation is 1. The molecule has 0 aliphatic carbocycles. The molecule has 0 atom stereocenters. The number of aromatic nitrogens is 2. The molecular formula is C14H10N2O2S2. The van der Waals surface area contributed by atoms with Crippen molar-refractivity contribution in [2.75, 3.05) is 0 Å². The fourth-order valence-electron chi connectivity index (χ4n) is 1.79. The van der Waals surface area contributed by atoms with Crippen molar-refractivity contribution in [3.63, 3.8) is 0 Å². The molecule has 0 aliphatic heterocycles. The van der Waals surface area contributed by atoms with E-state index in [0.717, 1.165) is 16.3 Å². The van der Waals surface area contributed by atoms with Crippen LogP contribution in [0.25, 0.3) is 20.5 Å². The minimum atomic E-state index is -1.01. The van der Waals surface area contributed by atoms with E-state index in [1.165, 1.54) is 22.7 Å². The molecule has 2 heterocycles. The van der Waals surface area contributed by atoms with E-state index < -0.39 is 5.97 Å². The average Bonchev–Trinajstić information content (AvgIpc) is 3.05. The first kappa shape index (κ1) is 13.0. The van der Waals surface area contributed by atoms with E-state index in [1.807, 2.05) is 42.6 Å². The summed E-state index contributed by atoms with van der Waals surface area (Å²) in [5.41, 5.74) is 1.87. The molecule has 4 nitrogen and oxygen atoms in total. The van der Waals surface area contributed by atoms with Crippen LogP contribution in [0.3, 0.4) is 0 Å². The topological polar surface area (TPSA) is 63.1 Å². The van der Waals surface area contributed by atoms with E-state index >= 15 is 0 Å². The summed E-state index contributed by atoms with van der Waals surface area (Å²) in [7, 11) is 0. The Hall–Kier alpha value is -2.05. The fraction of sp³-hybridized carbons (Fsp3) is 0.0714. The van der Waals surface area contributed by atoms with Gasteiger partial charge in [0, 0.05) is 11.1 Å². The Labute approximate surface area is 123 Å². The average molecular weight is 302 g/mol. The molecule has 0 spiro atoms. The summed E-state index contributed by atoms with van der Waals surface area (Å²) < 4.78 is 0. The van der Waals surface area contributed by atoms with Crippen molar-refractivity contribution in [3.05, 3.63) is 47.1 Å². The van der Waals surface area contributed by atoms with Crippen LogP contribution in [0.5, 0.6) is 0 Å². The molecule has 20 heavy (non-hydrogen) atoms. The summed E-state index contributed by atoms with van der Waals surface area (Å²) in [5.74, 6) is -1.01. The normalized spacial score (nSPS) is 10.7. The first-order valence-corrected chi connectivity index (χ1v) is 7.57. The lowest BCUT2D eigenvalue weighted by molar-refractivity contribution is 0.0692. The maximum Gasteiger partial charge on any atom is 0.356 e. The summed E-state index contributed by atoms with van der Waals surface area (Å²) in [6.45, 7) is 1.91. The SMILES string of the molecule is Cc1csc(-c2nc(C(=O)O)c(-c3ccccc3)s2)n1. The largest absolute Gasteiger partial charge is 0.476 e. The molecule has 0 fully saturated rings. The lowest BCUT2D eigenvalue weighted by Gasteiger charge is -1.97. The third kappa shape index (κ3) is 2.35. The van der Waals surface area contributed by atoms with E-state index in [-0.39, 0.29) is 5.69 Å². The maximum atomic E-state index is 11.4. The number of hydrogen-bond acceptors (Lipinski definition) is 5. The van der Waals surface area contributed by atoms with E-state index in [4.69, 9.17) is 0 Å². The molecule has 0 amide bonds. The number of hydrogen-bond donors (Lipinski definition) is 1. The molecule has 3 aromatic rings. The van der Waals surface area contributed by atoms with Gasteiger partial charge >= 0.3 is 5.97 Å². The van der Waals surface area contributed by atoms with Gasteiger partial charge in [-0.05, 0) is 12.5 Å². The lowest BCUT2D eigenvalue weighted by atomic mass is 10.1. The second kappa shape index (κ2) is 5.15. The van der Waals surface area contributed by atoms with Crippen LogP contribution in [-0.4, -0.2) is 21.0 Å². The number of benzene rings is 1. The van der Waals surface area contributed by atoms with Crippen LogP contribution in [0.4, 0.5) is 0 Å². The molecular weight excluding hydrogens is 292 g/mol. The highest BCUT2D eigenvalue weighted by Gasteiger charge is 2.20. The zero-order valence-corrected chi connectivity index (χ0v) is 12.2. The molecule has 1 aromatic carbocycles. The van der Waals surface area contributed by atoms with Crippen LogP contribution in [-0.2, 0) is 0 Å². The molecule has 3 rings (SSSR count). The lowest BCUT2D eigenvalue weighted by Crippen LogP contribution is -1.98. The predicted molar refractivity (Wildman–Crippen MR) is 80.4 cm³/mol. The van der Waals surface area contributed by atoms with Crippen molar-refractivity contribution < 1.29 is 9.90 Å². The van der Waals surface area contributed by atoms with Crippen molar-refractivity contribution in [1.82, 2.24) is 9.97 Å². The number of carbonyl (C=O) groups is 1. The van der Waals surface area contributed by atoms with E-state index in [0.29, 0.717) is 9.88 Å².